The summed E-state index contributed by atoms with van der Waals surface area (Å²) in [6.07, 6.45) is 1.44. The van der Waals surface area contributed by atoms with E-state index in [1.807, 2.05) is 6.92 Å². The third-order valence-corrected chi connectivity index (χ3v) is 5.50. The highest BCUT2D eigenvalue weighted by Crippen LogP contribution is 2.30. The molecule has 0 aliphatic carbocycles. The molecule has 0 saturated heterocycles. The number of nitrogens with two attached hydrogens (primary N) is 2. The van der Waals surface area contributed by atoms with E-state index in [4.69, 9.17) is 11.5 Å². The Kier molecular flexibility index (Phi) is 7.58. The van der Waals surface area contributed by atoms with Crippen molar-refractivity contribution < 1.29 is 14.5 Å². The summed E-state index contributed by atoms with van der Waals surface area (Å²) in [6, 6.07) is 3.67. The number of benzene rings is 1. The van der Waals surface area contributed by atoms with Crippen LogP contribution in [0, 0.1) is 10.1 Å². The van der Waals surface area contributed by atoms with Gasteiger partial charge in [0.1, 0.15) is 5.82 Å². The molecule has 0 unspecified atom stereocenters. The second kappa shape index (κ2) is 9.93. The molecular weight excluding hydrogens is 428 g/mol. The fraction of sp³-hybridized carbons (Fsp3) is 0.333. The van der Waals surface area contributed by atoms with Crippen LogP contribution in [0.2, 0.25) is 0 Å². The number of nitro groups is 1. The first-order chi connectivity index (χ1) is 14.6. The van der Waals surface area contributed by atoms with E-state index in [1.165, 1.54) is 23.7 Å². The third kappa shape index (κ3) is 5.31. The number of nitrogens with one attached hydrogen (secondary N) is 1. The number of rotatable bonds is 9. The van der Waals surface area contributed by atoms with Crippen molar-refractivity contribution in [1.29, 1.82) is 0 Å². The van der Waals surface area contributed by atoms with Gasteiger partial charge in [-0.15, -0.1) is 11.8 Å². The number of thioether (sulfide) groups is 1. The molecule has 0 saturated carbocycles. The first kappa shape index (κ1) is 23.7. The average Bonchev–Trinajstić information content (AvgIpc) is 2.71. The Bertz CT molecular complexity index is 1140. The fourth-order valence-electron chi connectivity index (χ4n) is 2.74. The summed E-state index contributed by atoms with van der Waals surface area (Å²) in [5.41, 5.74) is 9.07. The summed E-state index contributed by atoms with van der Waals surface area (Å²) in [5.74, 6) is -1.79. The Morgan fingerprint density at radius 2 is 2.00 bits per heavy atom. The van der Waals surface area contributed by atoms with Gasteiger partial charge in [0.2, 0.25) is 11.8 Å². The van der Waals surface area contributed by atoms with Gasteiger partial charge in [0, 0.05) is 25.2 Å². The predicted octanol–water partition coefficient (Wildman–Crippen LogP) is 0.681. The summed E-state index contributed by atoms with van der Waals surface area (Å²) in [4.78, 5) is 62.1. The molecule has 0 aliphatic rings. The number of amides is 2. The lowest BCUT2D eigenvalue weighted by atomic mass is 10.2. The van der Waals surface area contributed by atoms with Crippen LogP contribution < -0.4 is 27.6 Å². The largest absolute Gasteiger partial charge is 0.383 e. The number of aromatic amines is 1. The third-order valence-electron chi connectivity index (χ3n) is 4.45. The number of carbonyl (C=O) groups is 2. The van der Waals surface area contributed by atoms with Crippen LogP contribution in [-0.2, 0) is 11.3 Å². The lowest BCUT2D eigenvalue weighted by molar-refractivity contribution is -0.387. The first-order valence-corrected chi connectivity index (χ1v) is 10.2. The number of nitrogen functional groups attached to an aromatic ring is 1. The number of aromatic nitrogens is 2. The molecule has 12 nitrogen and oxygen atoms in total. The number of nitro benzene ring substituents is 1. The van der Waals surface area contributed by atoms with Gasteiger partial charge >= 0.3 is 5.69 Å². The molecule has 0 fully saturated rings. The molecule has 5 N–H and O–H groups in total. The van der Waals surface area contributed by atoms with Crippen LogP contribution >= 0.6 is 11.8 Å². The van der Waals surface area contributed by atoms with Crippen LogP contribution in [0.1, 0.15) is 30.1 Å². The molecule has 0 spiro atoms. The van der Waals surface area contributed by atoms with E-state index in [9.17, 15) is 29.3 Å². The van der Waals surface area contributed by atoms with Gasteiger partial charge in [0.05, 0.1) is 15.6 Å². The number of H-pyrrole nitrogens is 1. The SMILES string of the molecule is CCCCn1c(N)c(N(C)C(=O)CSc2ccc(C(N)=O)cc2[N+](=O)[O-])c(=O)[nH]c1=O. The average molecular weight is 450 g/mol. The molecular formula is C18H22N6O6S. The number of hydrogen-bond acceptors (Lipinski definition) is 8. The van der Waals surface area contributed by atoms with E-state index in [0.717, 1.165) is 29.1 Å². The molecule has 0 aliphatic heterocycles. The van der Waals surface area contributed by atoms with Crippen LogP contribution in [0.3, 0.4) is 0 Å². The van der Waals surface area contributed by atoms with Crippen LogP contribution in [0.5, 0.6) is 0 Å². The number of unbranched alkanes of at least 4 members (excludes halogenated alkanes) is 1. The zero-order valence-corrected chi connectivity index (χ0v) is 17.7. The van der Waals surface area contributed by atoms with Gasteiger partial charge in [-0.25, -0.2) is 4.79 Å². The van der Waals surface area contributed by atoms with Gasteiger partial charge in [0.25, 0.3) is 11.2 Å². The van der Waals surface area contributed by atoms with Crippen molar-refractivity contribution >= 4 is 40.8 Å². The molecule has 0 radical (unpaired) electrons. The maximum Gasteiger partial charge on any atom is 0.330 e. The molecule has 2 aromatic rings. The highest BCUT2D eigenvalue weighted by molar-refractivity contribution is 8.00. The van der Waals surface area contributed by atoms with Crippen molar-refractivity contribution in [3.05, 3.63) is 54.7 Å². The summed E-state index contributed by atoms with van der Waals surface area (Å²) >= 11 is 0.853. The smallest absolute Gasteiger partial charge is 0.330 e. The zero-order chi connectivity index (χ0) is 23.3. The van der Waals surface area contributed by atoms with Crippen LogP contribution in [-0.4, -0.2) is 39.1 Å². The maximum absolute atomic E-state index is 12.7. The fourth-order valence-corrected chi connectivity index (χ4v) is 3.65. The van der Waals surface area contributed by atoms with Gasteiger partial charge in [0.15, 0.2) is 5.69 Å². The minimum absolute atomic E-state index is 0.0341. The molecule has 13 heteroatoms. The number of anilines is 2. The van der Waals surface area contributed by atoms with Gasteiger partial charge in [-0.2, -0.15) is 0 Å². The molecule has 166 valence electrons. The number of primary amides is 1. The maximum atomic E-state index is 12.7. The van der Waals surface area contributed by atoms with E-state index in [2.05, 4.69) is 4.98 Å². The zero-order valence-electron chi connectivity index (χ0n) is 16.9. The van der Waals surface area contributed by atoms with E-state index in [1.54, 1.807) is 0 Å². The van der Waals surface area contributed by atoms with Crippen molar-refractivity contribution in [1.82, 2.24) is 9.55 Å². The van der Waals surface area contributed by atoms with Crippen LogP contribution in [0.4, 0.5) is 17.2 Å². The Balaban J connectivity index is 2.28. The normalized spacial score (nSPS) is 10.6. The summed E-state index contributed by atoms with van der Waals surface area (Å²) < 4.78 is 1.19. The Hall–Kier alpha value is -3.61. The summed E-state index contributed by atoms with van der Waals surface area (Å²) in [6.45, 7) is 2.20. The highest BCUT2D eigenvalue weighted by Gasteiger charge is 2.23. The predicted molar refractivity (Wildman–Crippen MR) is 116 cm³/mol. The number of nitrogens with zero attached hydrogens (tertiary/aromatic N) is 3. The Morgan fingerprint density at radius 3 is 2.58 bits per heavy atom. The van der Waals surface area contributed by atoms with Gasteiger partial charge < -0.3 is 16.4 Å². The van der Waals surface area contributed by atoms with E-state index >= 15 is 0 Å². The molecule has 1 heterocycles. The van der Waals surface area contributed by atoms with Gasteiger partial charge in [-0.1, -0.05) is 13.3 Å². The first-order valence-electron chi connectivity index (χ1n) is 9.18. The van der Waals surface area contributed by atoms with Crippen molar-refractivity contribution in [3.8, 4) is 0 Å². The topological polar surface area (TPSA) is 187 Å². The lowest BCUT2D eigenvalue weighted by Gasteiger charge is -2.20. The highest BCUT2D eigenvalue weighted by atomic mass is 32.2. The van der Waals surface area contributed by atoms with Crippen LogP contribution in [0.25, 0.3) is 0 Å². The number of carbonyl (C=O) groups excluding carboxylic acids is 2. The molecule has 1 aromatic carbocycles. The van der Waals surface area contributed by atoms with Gasteiger partial charge in [-0.05, 0) is 18.6 Å². The molecule has 31 heavy (non-hydrogen) atoms. The summed E-state index contributed by atoms with van der Waals surface area (Å²) in [5, 5.41) is 11.3. The molecule has 2 amide bonds. The van der Waals surface area contributed by atoms with Crippen molar-refractivity contribution in [3.63, 3.8) is 0 Å². The van der Waals surface area contributed by atoms with E-state index in [0.29, 0.717) is 6.42 Å². The molecule has 0 atom stereocenters. The minimum Gasteiger partial charge on any atom is -0.383 e. The van der Waals surface area contributed by atoms with E-state index in [-0.39, 0.29) is 39.9 Å². The van der Waals surface area contributed by atoms with E-state index < -0.39 is 28.0 Å². The Labute approximate surface area is 180 Å². The monoisotopic (exact) mass is 450 g/mol. The second-order valence-electron chi connectivity index (χ2n) is 6.54. The van der Waals surface area contributed by atoms with Crippen molar-refractivity contribution in [2.24, 2.45) is 5.73 Å². The molecule has 0 bridgehead atoms. The number of hydrogen-bond donors (Lipinski definition) is 3. The molecule has 1 aromatic heterocycles. The Morgan fingerprint density at radius 1 is 1.32 bits per heavy atom. The minimum atomic E-state index is -0.816. The van der Waals surface area contributed by atoms with Crippen molar-refractivity contribution in [2.75, 3.05) is 23.4 Å². The van der Waals surface area contributed by atoms with Crippen molar-refractivity contribution in [2.45, 2.75) is 31.2 Å². The van der Waals surface area contributed by atoms with Crippen LogP contribution in [0.15, 0.2) is 32.7 Å². The standard InChI is InChI=1S/C18H22N6O6S/c1-3-4-7-23-15(19)14(17(27)21-18(23)28)22(2)13(25)9-31-12-6-5-10(16(20)26)8-11(12)24(29)30/h5-6,8H,3-4,7,9,19H2,1-2H3,(H2,20,26)(H,21,27,28). The lowest BCUT2D eigenvalue weighted by Crippen LogP contribution is -2.39. The second-order valence-corrected chi connectivity index (χ2v) is 7.56. The summed E-state index contributed by atoms with van der Waals surface area (Å²) in [7, 11) is 1.32. The van der Waals surface area contributed by atoms with Gasteiger partial charge in [-0.3, -0.25) is 34.0 Å². The molecule has 2 rings (SSSR count). The quantitative estimate of drug-likeness (QED) is 0.282.